The van der Waals surface area contributed by atoms with Gasteiger partial charge in [-0.3, -0.25) is 4.79 Å². The zero-order valence-electron chi connectivity index (χ0n) is 18.6. The minimum Gasteiger partial charge on any atom is -0.489 e. The molecular weight excluding hydrogens is 444 g/mol. The number of rotatable bonds is 5. The number of nitrogens with zero attached hydrogens (tertiary/aromatic N) is 3. The number of benzene rings is 3. The summed E-state index contributed by atoms with van der Waals surface area (Å²) in [6.45, 7) is 2.60. The Hall–Kier alpha value is -3.97. The molecule has 0 spiro atoms. The maximum Gasteiger partial charge on any atom is 0.226 e. The van der Waals surface area contributed by atoms with Gasteiger partial charge in [-0.25, -0.2) is 4.98 Å². The highest BCUT2D eigenvalue weighted by Crippen LogP contribution is 2.39. The highest BCUT2D eigenvalue weighted by Gasteiger charge is 2.31. The summed E-state index contributed by atoms with van der Waals surface area (Å²) < 4.78 is 8.79. The number of ether oxygens (including phenoxy) is 1. The Labute approximate surface area is 200 Å². The average Bonchev–Trinajstić information content (AvgIpc) is 3.46. The van der Waals surface area contributed by atoms with Crippen molar-refractivity contribution in [3.63, 3.8) is 0 Å². The minimum absolute atomic E-state index is 0.0277. The largest absolute Gasteiger partial charge is 0.489 e. The molecule has 6 nitrogen and oxygen atoms in total. The Morgan fingerprint density at radius 3 is 2.76 bits per heavy atom. The molecule has 1 aliphatic rings. The minimum atomic E-state index is -0.0716. The van der Waals surface area contributed by atoms with Crippen molar-refractivity contribution in [3.05, 3.63) is 101 Å². The van der Waals surface area contributed by atoms with E-state index in [1.54, 1.807) is 16.0 Å². The first kappa shape index (κ1) is 20.6. The molecule has 34 heavy (non-hydrogen) atoms. The Morgan fingerprint density at radius 2 is 1.94 bits per heavy atom. The number of aryl methyl sites for hydroxylation is 1. The molecule has 1 atom stereocenters. The van der Waals surface area contributed by atoms with Crippen molar-refractivity contribution in [2.75, 3.05) is 5.32 Å². The average molecular weight is 467 g/mol. The molecule has 0 saturated heterocycles. The highest BCUT2D eigenvalue weighted by atomic mass is 32.1. The number of carbonyl (C=O) groups excluding carboxylic acids is 1. The number of aromatic nitrogens is 3. The summed E-state index contributed by atoms with van der Waals surface area (Å²) in [5, 5.41) is 8.33. The fourth-order valence-corrected chi connectivity index (χ4v) is 5.31. The Morgan fingerprint density at radius 1 is 1.09 bits per heavy atom. The van der Waals surface area contributed by atoms with E-state index in [2.05, 4.69) is 35.5 Å². The van der Waals surface area contributed by atoms with E-state index in [1.165, 1.54) is 5.56 Å². The molecule has 1 aliphatic heterocycles. The summed E-state index contributed by atoms with van der Waals surface area (Å²) in [6, 6.07) is 24.3. The molecule has 0 radical (unpaired) electrons. The zero-order chi connectivity index (χ0) is 23.1. The van der Waals surface area contributed by atoms with Gasteiger partial charge in [0.25, 0.3) is 0 Å². The van der Waals surface area contributed by atoms with Crippen LogP contribution in [-0.2, 0) is 11.4 Å². The second-order valence-electron chi connectivity index (χ2n) is 8.48. The van der Waals surface area contributed by atoms with Gasteiger partial charge in [-0.15, -0.1) is 0 Å². The molecule has 6 rings (SSSR count). The van der Waals surface area contributed by atoms with Gasteiger partial charge in [0.05, 0.1) is 16.4 Å². The number of amides is 1. The summed E-state index contributed by atoms with van der Waals surface area (Å²) in [6.07, 6.45) is 2.22. The fraction of sp³-hybridized carbons (Fsp3) is 0.148. The lowest BCUT2D eigenvalue weighted by Gasteiger charge is -2.23. The fourth-order valence-electron chi connectivity index (χ4n) is 4.38. The molecule has 1 amide bonds. The molecule has 0 saturated carbocycles. The van der Waals surface area contributed by atoms with Crippen LogP contribution in [0.5, 0.6) is 5.75 Å². The topological polar surface area (TPSA) is 69.0 Å². The summed E-state index contributed by atoms with van der Waals surface area (Å²) in [5.41, 5.74) is 5.33. The van der Waals surface area contributed by atoms with Gasteiger partial charge in [-0.05, 0) is 42.3 Å². The molecule has 3 aromatic carbocycles. The standard InChI is InChI=1S/C27H22N4O2S/c1-17-5-4-6-18(13-17)16-33-20-11-9-19(10-12-20)21-14-25(32)30-26-22(21)15-28-31(26)27-29-23-7-2-3-8-24(23)34-27/h2-13,15,21H,14,16H2,1H3,(H,30,32)/t21-/m0/s1. The smallest absolute Gasteiger partial charge is 0.226 e. The third-order valence-corrected chi connectivity index (χ3v) is 7.07. The zero-order valence-corrected chi connectivity index (χ0v) is 19.4. The van der Waals surface area contributed by atoms with E-state index in [9.17, 15) is 4.79 Å². The number of hydrogen-bond acceptors (Lipinski definition) is 5. The van der Waals surface area contributed by atoms with Crippen molar-refractivity contribution in [2.45, 2.75) is 25.9 Å². The molecular formula is C27H22N4O2S. The van der Waals surface area contributed by atoms with Crippen LogP contribution in [0.3, 0.4) is 0 Å². The molecule has 0 bridgehead atoms. The summed E-state index contributed by atoms with van der Waals surface area (Å²) in [5.74, 6) is 1.40. The number of anilines is 1. The lowest BCUT2D eigenvalue weighted by Crippen LogP contribution is -2.24. The second-order valence-corrected chi connectivity index (χ2v) is 9.49. The summed E-state index contributed by atoms with van der Waals surface area (Å²) in [4.78, 5) is 17.3. The second kappa shape index (κ2) is 8.43. The lowest BCUT2D eigenvalue weighted by molar-refractivity contribution is -0.116. The number of thiazole rings is 1. The van der Waals surface area contributed by atoms with Gasteiger partial charge in [-0.1, -0.05) is 65.4 Å². The van der Waals surface area contributed by atoms with Gasteiger partial charge in [0.1, 0.15) is 18.2 Å². The van der Waals surface area contributed by atoms with Crippen LogP contribution in [0.25, 0.3) is 15.3 Å². The van der Waals surface area contributed by atoms with Crippen molar-refractivity contribution in [1.82, 2.24) is 14.8 Å². The van der Waals surface area contributed by atoms with E-state index in [0.29, 0.717) is 18.8 Å². The van der Waals surface area contributed by atoms with Crippen molar-refractivity contribution in [3.8, 4) is 10.9 Å². The van der Waals surface area contributed by atoms with Crippen LogP contribution in [-0.4, -0.2) is 20.7 Å². The maximum absolute atomic E-state index is 12.6. The third-order valence-electron chi connectivity index (χ3n) is 6.05. The predicted molar refractivity (Wildman–Crippen MR) is 134 cm³/mol. The van der Waals surface area contributed by atoms with Crippen molar-refractivity contribution < 1.29 is 9.53 Å². The van der Waals surface area contributed by atoms with Crippen LogP contribution in [0.1, 0.15) is 34.6 Å². The first-order valence-corrected chi connectivity index (χ1v) is 12.0. The molecule has 7 heteroatoms. The first-order chi connectivity index (χ1) is 16.6. The van der Waals surface area contributed by atoms with Crippen LogP contribution >= 0.6 is 11.3 Å². The van der Waals surface area contributed by atoms with Gasteiger partial charge in [0.2, 0.25) is 11.0 Å². The first-order valence-electron chi connectivity index (χ1n) is 11.2. The molecule has 3 heterocycles. The third kappa shape index (κ3) is 3.84. The maximum atomic E-state index is 12.6. The van der Waals surface area contributed by atoms with E-state index >= 15 is 0 Å². The van der Waals surface area contributed by atoms with E-state index in [-0.39, 0.29) is 11.8 Å². The van der Waals surface area contributed by atoms with E-state index in [1.807, 2.05) is 60.8 Å². The predicted octanol–water partition coefficient (Wildman–Crippen LogP) is 5.84. The normalized spacial score (nSPS) is 15.2. The van der Waals surface area contributed by atoms with E-state index < -0.39 is 0 Å². The Balaban J connectivity index is 1.26. The van der Waals surface area contributed by atoms with E-state index in [0.717, 1.165) is 37.8 Å². The van der Waals surface area contributed by atoms with Gasteiger partial charge in [0.15, 0.2) is 0 Å². The van der Waals surface area contributed by atoms with Gasteiger partial charge >= 0.3 is 0 Å². The molecule has 0 aliphatic carbocycles. The SMILES string of the molecule is Cc1cccc(COc2ccc([C@@H]3CC(=O)Nc4c3cnn4-c3nc4ccccc4s3)cc2)c1. The molecule has 5 aromatic rings. The molecule has 0 unspecified atom stereocenters. The quantitative estimate of drug-likeness (QED) is 0.353. The summed E-state index contributed by atoms with van der Waals surface area (Å²) in [7, 11) is 0. The van der Waals surface area contributed by atoms with Crippen molar-refractivity contribution >= 4 is 33.3 Å². The highest BCUT2D eigenvalue weighted by molar-refractivity contribution is 7.20. The van der Waals surface area contributed by atoms with Crippen molar-refractivity contribution in [2.24, 2.45) is 0 Å². The van der Waals surface area contributed by atoms with Crippen LogP contribution in [0, 0.1) is 6.92 Å². The Bertz CT molecular complexity index is 1470. The van der Waals surface area contributed by atoms with Crippen LogP contribution in [0.15, 0.2) is 79.0 Å². The monoisotopic (exact) mass is 466 g/mol. The van der Waals surface area contributed by atoms with Crippen LogP contribution in [0.4, 0.5) is 5.82 Å². The van der Waals surface area contributed by atoms with E-state index in [4.69, 9.17) is 9.72 Å². The molecule has 0 fully saturated rings. The van der Waals surface area contributed by atoms with Gasteiger partial charge in [0, 0.05) is 17.9 Å². The van der Waals surface area contributed by atoms with Gasteiger partial charge < -0.3 is 10.1 Å². The van der Waals surface area contributed by atoms with Gasteiger partial charge in [-0.2, -0.15) is 9.78 Å². The number of carbonyl (C=O) groups is 1. The van der Waals surface area contributed by atoms with Crippen LogP contribution < -0.4 is 10.1 Å². The summed E-state index contributed by atoms with van der Waals surface area (Å²) >= 11 is 1.55. The van der Waals surface area contributed by atoms with Crippen LogP contribution in [0.2, 0.25) is 0 Å². The number of hydrogen-bond donors (Lipinski definition) is 1. The molecule has 1 N–H and O–H groups in total. The molecule has 168 valence electrons. The molecule has 2 aromatic heterocycles. The number of nitrogens with one attached hydrogen (secondary N) is 1. The number of para-hydroxylation sites is 1. The number of fused-ring (bicyclic) bond motifs is 2. The lowest BCUT2D eigenvalue weighted by atomic mass is 9.87. The Kier molecular flexibility index (Phi) is 5.11. The van der Waals surface area contributed by atoms with Crippen molar-refractivity contribution in [1.29, 1.82) is 0 Å².